The van der Waals surface area contributed by atoms with Crippen LogP contribution in [0.3, 0.4) is 0 Å². The summed E-state index contributed by atoms with van der Waals surface area (Å²) in [5.41, 5.74) is 5.68. The van der Waals surface area contributed by atoms with E-state index in [0.29, 0.717) is 12.1 Å². The third-order valence-electron chi connectivity index (χ3n) is 10.7. The first-order valence-corrected chi connectivity index (χ1v) is 20.8. The first kappa shape index (κ1) is 40.9. The van der Waals surface area contributed by atoms with E-state index in [1.54, 1.807) is 0 Å². The van der Waals surface area contributed by atoms with Crippen LogP contribution in [0.5, 0.6) is 0 Å². The fourth-order valence-corrected chi connectivity index (χ4v) is 7.54. The predicted octanol–water partition coefficient (Wildman–Crippen LogP) is 12.0. The lowest BCUT2D eigenvalue weighted by Gasteiger charge is -2.23. The van der Waals surface area contributed by atoms with Crippen LogP contribution in [0.4, 0.5) is 5.69 Å². The maximum atomic E-state index is 14.1. The molecule has 0 bridgehead atoms. The molecule has 0 aromatic heterocycles. The molecule has 0 radical (unpaired) electrons. The van der Waals surface area contributed by atoms with Gasteiger partial charge in [0.05, 0.1) is 6.07 Å². The Bertz CT molecular complexity index is 1720. The van der Waals surface area contributed by atoms with Gasteiger partial charge in [0.25, 0.3) is 5.91 Å². The van der Waals surface area contributed by atoms with Crippen LogP contribution in [0.25, 0.3) is 33.4 Å². The minimum atomic E-state index is 0.0304. The van der Waals surface area contributed by atoms with Gasteiger partial charge in [-0.05, 0) is 70.4 Å². The molecule has 0 N–H and O–H groups in total. The first-order chi connectivity index (χ1) is 25.5. The van der Waals surface area contributed by atoms with Crippen molar-refractivity contribution >= 4 is 22.6 Å². The van der Waals surface area contributed by atoms with Gasteiger partial charge in [-0.15, -0.1) is 0 Å². The van der Waals surface area contributed by atoms with Gasteiger partial charge in [-0.1, -0.05) is 114 Å². The highest BCUT2D eigenvalue weighted by Crippen LogP contribution is 2.42. The first-order valence-electron chi connectivity index (χ1n) is 20.8. The van der Waals surface area contributed by atoms with Gasteiger partial charge in [0.15, 0.2) is 0 Å². The molecule has 0 unspecified atom stereocenters. The summed E-state index contributed by atoms with van der Waals surface area (Å²) in [4.78, 5) is 18.3. The number of hydrogen-bond donors (Lipinski definition) is 0. The number of fused-ring (bicyclic) bond motifs is 2. The number of carbonyl (C=O) groups excluding carboxylic acids is 1. The van der Waals surface area contributed by atoms with Gasteiger partial charge in [-0.2, -0.15) is 0 Å². The molecule has 1 aliphatic carbocycles. The molecule has 0 spiro atoms. The number of nitrogens with zero attached hydrogens (tertiary/aromatic N) is 3. The van der Waals surface area contributed by atoms with Crippen LogP contribution in [-0.2, 0) is 0 Å². The summed E-state index contributed by atoms with van der Waals surface area (Å²) < 4.78 is 9.04. The van der Waals surface area contributed by atoms with Crippen LogP contribution < -0.4 is 14.8 Å². The smallest absolute Gasteiger partial charge is 0.254 e. The summed E-state index contributed by atoms with van der Waals surface area (Å²) in [6.07, 6.45) is 23.3. The number of anilines is 1. The highest BCUT2D eigenvalue weighted by molar-refractivity contribution is 6.09. The van der Waals surface area contributed by atoms with Crippen LogP contribution in [-0.4, -0.2) is 50.6 Å². The summed E-state index contributed by atoms with van der Waals surface area (Å²) >= 11 is 0. The largest absolute Gasteiger partial charge is 0.456 e. The molecule has 0 fully saturated rings. The Labute approximate surface area is 315 Å². The fraction of sp³-hybridized carbons (Fsp3) is 0.532. The quantitative estimate of drug-likeness (QED) is 0.0334. The highest BCUT2D eigenvalue weighted by atomic mass is 16.3. The second-order valence-electron chi connectivity index (χ2n) is 14.4. The molecule has 5 heteroatoms. The molecule has 282 valence electrons. The zero-order valence-corrected chi connectivity index (χ0v) is 33.5. The summed E-state index contributed by atoms with van der Waals surface area (Å²) in [6, 6.07) is 21.1. The Morgan fingerprint density at radius 1 is 0.692 bits per heavy atom. The van der Waals surface area contributed by atoms with Gasteiger partial charge in [-0.3, -0.25) is 4.79 Å². The van der Waals surface area contributed by atoms with Crippen LogP contribution in [0, 0.1) is 0 Å². The van der Waals surface area contributed by atoms with Crippen LogP contribution >= 0.6 is 0 Å². The van der Waals surface area contributed by atoms with Crippen molar-refractivity contribution in [2.45, 2.75) is 125 Å². The lowest BCUT2D eigenvalue weighted by atomic mass is 9.90. The summed E-state index contributed by atoms with van der Waals surface area (Å²) in [7, 11) is 1.91. The van der Waals surface area contributed by atoms with Gasteiger partial charge < -0.3 is 14.2 Å². The number of amides is 1. The SMILES string of the molecule is CCCCCCCCCCCCCCCC=CCN(C)C(=O)c1ccccc1-c1c2ccc(=[N+](CC)CC)cc-2oc2cc(N(CC)CC)ccc12. The van der Waals surface area contributed by atoms with Gasteiger partial charge in [-0.25, -0.2) is 4.58 Å². The molecule has 1 aliphatic heterocycles. The van der Waals surface area contributed by atoms with E-state index in [0.717, 1.165) is 77.1 Å². The average Bonchev–Trinajstić information content (AvgIpc) is 3.17. The Hall–Kier alpha value is -3.86. The van der Waals surface area contributed by atoms with Crippen molar-refractivity contribution in [2.24, 2.45) is 0 Å². The van der Waals surface area contributed by atoms with Crippen LogP contribution in [0.2, 0.25) is 0 Å². The molecule has 2 aliphatic rings. The monoisotopic (exact) mass is 707 g/mol. The van der Waals surface area contributed by atoms with Crippen molar-refractivity contribution in [3.05, 3.63) is 83.7 Å². The van der Waals surface area contributed by atoms with Crippen molar-refractivity contribution in [3.8, 4) is 22.5 Å². The molecule has 52 heavy (non-hydrogen) atoms. The molecular weight excluding hydrogens is 639 g/mol. The predicted molar refractivity (Wildman–Crippen MR) is 225 cm³/mol. The van der Waals surface area contributed by atoms with Crippen molar-refractivity contribution < 1.29 is 9.21 Å². The Morgan fingerprint density at radius 2 is 1.33 bits per heavy atom. The number of unbranched alkanes of at least 4 members (excludes halogenated alkanes) is 13. The third kappa shape index (κ3) is 11.3. The maximum absolute atomic E-state index is 14.1. The highest BCUT2D eigenvalue weighted by Gasteiger charge is 2.24. The topological polar surface area (TPSA) is 39.7 Å². The Balaban J connectivity index is 1.44. The van der Waals surface area contributed by atoms with Gasteiger partial charge in [0.1, 0.15) is 24.4 Å². The summed E-state index contributed by atoms with van der Waals surface area (Å²) in [5, 5.41) is 2.15. The van der Waals surface area contributed by atoms with E-state index in [1.165, 1.54) is 83.5 Å². The van der Waals surface area contributed by atoms with Crippen LogP contribution in [0.15, 0.2) is 77.2 Å². The Morgan fingerprint density at radius 3 is 1.96 bits per heavy atom. The van der Waals surface area contributed by atoms with E-state index in [4.69, 9.17) is 4.42 Å². The number of likely N-dealkylation sites (N-methyl/N-ethyl adjacent to an activating group) is 1. The lowest BCUT2D eigenvalue weighted by Crippen LogP contribution is -2.29. The van der Waals surface area contributed by atoms with Crippen molar-refractivity contribution in [3.63, 3.8) is 0 Å². The molecule has 4 rings (SSSR count). The molecule has 2 aromatic rings. The maximum Gasteiger partial charge on any atom is 0.254 e. The van der Waals surface area contributed by atoms with E-state index >= 15 is 0 Å². The lowest BCUT2D eigenvalue weighted by molar-refractivity contribution is 0.0811. The normalized spacial score (nSPS) is 11.6. The third-order valence-corrected chi connectivity index (χ3v) is 10.7. The number of allylic oxidation sites excluding steroid dienone is 1. The number of benzene rings is 3. The van der Waals surface area contributed by atoms with E-state index < -0.39 is 0 Å². The molecule has 0 atom stereocenters. The molecule has 5 nitrogen and oxygen atoms in total. The van der Waals surface area contributed by atoms with Crippen molar-refractivity contribution in [2.75, 3.05) is 44.7 Å². The molecule has 1 heterocycles. The second-order valence-corrected chi connectivity index (χ2v) is 14.4. The zero-order chi connectivity index (χ0) is 37.1. The minimum Gasteiger partial charge on any atom is -0.456 e. The van der Waals surface area contributed by atoms with Crippen molar-refractivity contribution in [1.82, 2.24) is 9.48 Å². The number of carbonyl (C=O) groups is 1. The second kappa shape index (κ2) is 22.3. The molecule has 2 aromatic carbocycles. The molecular formula is C47H68N3O2+. The van der Waals surface area contributed by atoms with Crippen LogP contribution in [0.1, 0.15) is 135 Å². The Kier molecular flexibility index (Phi) is 17.5. The van der Waals surface area contributed by atoms with Crippen molar-refractivity contribution in [1.29, 1.82) is 0 Å². The van der Waals surface area contributed by atoms with E-state index in [2.05, 4.69) is 98.7 Å². The molecule has 0 saturated heterocycles. The van der Waals surface area contributed by atoms with Gasteiger partial charge >= 0.3 is 0 Å². The van der Waals surface area contributed by atoms with E-state index in [9.17, 15) is 4.79 Å². The summed E-state index contributed by atoms with van der Waals surface area (Å²) in [5.74, 6) is 0.859. The molecule has 1 amide bonds. The summed E-state index contributed by atoms with van der Waals surface area (Å²) in [6.45, 7) is 15.3. The zero-order valence-electron chi connectivity index (χ0n) is 33.5. The standard InChI is InChI=1S/C47H68N3O2/c1-7-12-13-14-15-16-17-18-19-20-21-22-23-24-25-28-35-48(6)47(51)41-30-27-26-29-40(41)46-42-33-31-38(49(8-2)9-3)36-44(42)52-45-37-39(32-34-43(45)46)50(10-4)11-5/h25-34,36-37H,7-24,35H2,1-6H3/q+1. The van der Waals surface area contributed by atoms with Gasteiger partial charge in [0, 0.05) is 66.6 Å². The average molecular weight is 707 g/mol. The fourth-order valence-electron chi connectivity index (χ4n) is 7.54. The number of rotatable bonds is 23. The van der Waals surface area contributed by atoms with Gasteiger partial charge in [0.2, 0.25) is 5.36 Å². The number of hydrogen-bond acceptors (Lipinski definition) is 3. The van der Waals surface area contributed by atoms with E-state index in [1.807, 2.05) is 30.1 Å². The van der Waals surface area contributed by atoms with E-state index in [-0.39, 0.29) is 5.91 Å². The minimum absolute atomic E-state index is 0.0304. The molecule has 0 saturated carbocycles.